The van der Waals surface area contributed by atoms with Crippen LogP contribution in [0, 0.1) is 0 Å². The van der Waals surface area contributed by atoms with Crippen molar-refractivity contribution in [2.24, 2.45) is 0 Å². The van der Waals surface area contributed by atoms with Gasteiger partial charge in [0.1, 0.15) is 6.61 Å². The number of methoxy groups -OCH3 is 1. The highest BCUT2D eigenvalue weighted by molar-refractivity contribution is 5.67. The monoisotopic (exact) mass is 350 g/mol. The Hall–Kier alpha value is -1.63. The number of rotatable bonds is 8. The Bertz CT molecular complexity index is 521. The number of nitrogens with zero attached hydrogens (tertiary/aromatic N) is 1. The topological polar surface area (TPSA) is 60.0 Å². The van der Waals surface area contributed by atoms with E-state index in [2.05, 4.69) is 19.2 Å². The maximum atomic E-state index is 12.2. The summed E-state index contributed by atoms with van der Waals surface area (Å²) in [6.07, 6.45) is 0.625. The molecule has 0 bridgehead atoms. The van der Waals surface area contributed by atoms with Crippen LogP contribution in [0.4, 0.5) is 4.79 Å². The van der Waals surface area contributed by atoms with Crippen molar-refractivity contribution in [3.05, 3.63) is 35.9 Å². The molecule has 1 aliphatic rings. The van der Waals surface area contributed by atoms with Gasteiger partial charge in [0, 0.05) is 20.2 Å². The predicted molar refractivity (Wildman–Crippen MR) is 96.5 cm³/mol. The van der Waals surface area contributed by atoms with Crippen LogP contribution in [0.2, 0.25) is 0 Å². The molecule has 6 nitrogen and oxygen atoms in total. The minimum absolute atomic E-state index is 0.0105. The number of ether oxygens (including phenoxy) is 3. The molecule has 0 radical (unpaired) electrons. The second-order valence-electron chi connectivity index (χ2n) is 6.90. The summed E-state index contributed by atoms with van der Waals surface area (Å²) < 4.78 is 16.5. The van der Waals surface area contributed by atoms with Crippen LogP contribution < -0.4 is 5.32 Å². The number of amides is 1. The summed E-state index contributed by atoms with van der Waals surface area (Å²) in [4.78, 5) is 13.9. The fraction of sp³-hybridized carbons (Fsp3) is 0.632. The first-order valence-corrected chi connectivity index (χ1v) is 8.83. The maximum Gasteiger partial charge on any atom is 0.410 e. The molecule has 1 amide bonds. The van der Waals surface area contributed by atoms with E-state index in [-0.39, 0.29) is 17.8 Å². The first kappa shape index (κ1) is 19.7. The SMILES string of the molecule is COC(C)(C)CCNCC1CN(C(=O)OCc2ccccc2)CCO1. The van der Waals surface area contributed by atoms with Gasteiger partial charge in [-0.15, -0.1) is 0 Å². The third-order valence-corrected chi connectivity index (χ3v) is 4.43. The zero-order valence-electron chi connectivity index (χ0n) is 15.5. The first-order valence-electron chi connectivity index (χ1n) is 8.83. The van der Waals surface area contributed by atoms with Crippen LogP contribution in [-0.2, 0) is 20.8 Å². The molecule has 6 heteroatoms. The van der Waals surface area contributed by atoms with E-state index in [1.165, 1.54) is 0 Å². The highest BCUT2D eigenvalue weighted by Gasteiger charge is 2.25. The number of carbonyl (C=O) groups is 1. The van der Waals surface area contributed by atoms with Crippen molar-refractivity contribution >= 4 is 6.09 Å². The van der Waals surface area contributed by atoms with E-state index in [0.29, 0.717) is 32.8 Å². The summed E-state index contributed by atoms with van der Waals surface area (Å²) in [6.45, 7) is 7.64. The number of hydrogen-bond acceptors (Lipinski definition) is 5. The molecular weight excluding hydrogens is 320 g/mol. The molecule has 1 fully saturated rings. The van der Waals surface area contributed by atoms with Gasteiger partial charge in [-0.2, -0.15) is 0 Å². The Morgan fingerprint density at radius 1 is 1.36 bits per heavy atom. The number of benzene rings is 1. The number of morpholine rings is 1. The van der Waals surface area contributed by atoms with Gasteiger partial charge in [-0.3, -0.25) is 0 Å². The zero-order chi connectivity index (χ0) is 18.1. The molecule has 0 saturated carbocycles. The van der Waals surface area contributed by atoms with Crippen LogP contribution in [-0.4, -0.2) is 62.6 Å². The zero-order valence-corrected chi connectivity index (χ0v) is 15.5. The number of nitrogens with one attached hydrogen (secondary N) is 1. The van der Waals surface area contributed by atoms with Crippen LogP contribution in [0.15, 0.2) is 30.3 Å². The van der Waals surface area contributed by atoms with Gasteiger partial charge in [0.05, 0.1) is 24.9 Å². The van der Waals surface area contributed by atoms with E-state index in [4.69, 9.17) is 14.2 Å². The molecule has 0 aromatic heterocycles. The van der Waals surface area contributed by atoms with E-state index in [0.717, 1.165) is 18.5 Å². The van der Waals surface area contributed by atoms with Gasteiger partial charge < -0.3 is 24.4 Å². The standard InChI is InChI=1S/C19H30N2O4/c1-19(2,23-3)9-10-20-13-17-14-21(11-12-24-17)18(22)25-15-16-7-5-4-6-8-16/h4-8,17,20H,9-15H2,1-3H3. The average molecular weight is 350 g/mol. The molecule has 2 rings (SSSR count). The van der Waals surface area contributed by atoms with Crippen LogP contribution in [0.3, 0.4) is 0 Å². The predicted octanol–water partition coefficient (Wildman–Crippen LogP) is 2.43. The van der Waals surface area contributed by atoms with Crippen molar-refractivity contribution in [3.63, 3.8) is 0 Å². The Labute approximate surface area is 150 Å². The largest absolute Gasteiger partial charge is 0.445 e. The lowest BCUT2D eigenvalue weighted by Gasteiger charge is -2.32. The Morgan fingerprint density at radius 3 is 2.84 bits per heavy atom. The molecule has 1 saturated heterocycles. The summed E-state index contributed by atoms with van der Waals surface area (Å²) in [7, 11) is 1.73. The van der Waals surface area contributed by atoms with Crippen molar-refractivity contribution in [2.75, 3.05) is 39.9 Å². The Balaban J connectivity index is 1.68. The lowest BCUT2D eigenvalue weighted by molar-refractivity contribution is -0.0282. The van der Waals surface area contributed by atoms with E-state index < -0.39 is 0 Å². The third-order valence-electron chi connectivity index (χ3n) is 4.43. The minimum Gasteiger partial charge on any atom is -0.445 e. The van der Waals surface area contributed by atoms with Gasteiger partial charge in [-0.05, 0) is 32.4 Å². The molecule has 1 unspecified atom stereocenters. The second-order valence-corrected chi connectivity index (χ2v) is 6.90. The third kappa shape index (κ3) is 7.02. The summed E-state index contributed by atoms with van der Waals surface area (Å²) >= 11 is 0. The van der Waals surface area contributed by atoms with E-state index in [1.54, 1.807) is 12.0 Å². The Kier molecular flexibility index (Phi) is 7.68. The van der Waals surface area contributed by atoms with Crippen molar-refractivity contribution in [2.45, 2.75) is 38.6 Å². The van der Waals surface area contributed by atoms with Gasteiger partial charge in [0.2, 0.25) is 0 Å². The normalized spacial score (nSPS) is 18.2. The number of carbonyl (C=O) groups excluding carboxylic acids is 1. The van der Waals surface area contributed by atoms with Crippen LogP contribution >= 0.6 is 0 Å². The van der Waals surface area contributed by atoms with E-state index >= 15 is 0 Å². The van der Waals surface area contributed by atoms with E-state index in [1.807, 2.05) is 30.3 Å². The quantitative estimate of drug-likeness (QED) is 0.730. The molecule has 1 heterocycles. The van der Waals surface area contributed by atoms with Crippen molar-refractivity contribution in [1.29, 1.82) is 0 Å². The molecule has 1 aliphatic heterocycles. The van der Waals surface area contributed by atoms with Crippen LogP contribution in [0.1, 0.15) is 25.8 Å². The number of hydrogen-bond donors (Lipinski definition) is 1. The molecule has 1 N–H and O–H groups in total. The molecule has 1 aromatic rings. The van der Waals surface area contributed by atoms with Crippen LogP contribution in [0.25, 0.3) is 0 Å². The Morgan fingerprint density at radius 2 is 2.12 bits per heavy atom. The smallest absolute Gasteiger partial charge is 0.410 e. The minimum atomic E-state index is -0.280. The second kappa shape index (κ2) is 9.75. The van der Waals surface area contributed by atoms with Crippen molar-refractivity contribution < 1.29 is 19.0 Å². The van der Waals surface area contributed by atoms with Gasteiger partial charge >= 0.3 is 6.09 Å². The molecule has 1 atom stereocenters. The summed E-state index contributed by atoms with van der Waals surface area (Å²) in [5.74, 6) is 0. The molecule has 0 spiro atoms. The lowest BCUT2D eigenvalue weighted by Crippen LogP contribution is -2.49. The van der Waals surface area contributed by atoms with Gasteiger partial charge in [0.15, 0.2) is 0 Å². The van der Waals surface area contributed by atoms with Gasteiger partial charge in [0.25, 0.3) is 0 Å². The fourth-order valence-electron chi connectivity index (χ4n) is 2.57. The molecular formula is C19H30N2O4. The lowest BCUT2D eigenvalue weighted by atomic mass is 10.1. The van der Waals surface area contributed by atoms with Gasteiger partial charge in [-0.25, -0.2) is 4.79 Å². The summed E-state index contributed by atoms with van der Waals surface area (Å²) in [5, 5.41) is 3.38. The van der Waals surface area contributed by atoms with Gasteiger partial charge in [-0.1, -0.05) is 30.3 Å². The summed E-state index contributed by atoms with van der Waals surface area (Å²) in [5.41, 5.74) is 0.858. The van der Waals surface area contributed by atoms with Crippen molar-refractivity contribution in [3.8, 4) is 0 Å². The highest BCUT2D eigenvalue weighted by Crippen LogP contribution is 2.12. The first-order chi connectivity index (χ1) is 12.0. The highest BCUT2D eigenvalue weighted by atomic mass is 16.6. The average Bonchev–Trinajstić information content (AvgIpc) is 2.64. The molecule has 0 aliphatic carbocycles. The molecule has 140 valence electrons. The van der Waals surface area contributed by atoms with E-state index in [9.17, 15) is 4.79 Å². The fourth-order valence-corrected chi connectivity index (χ4v) is 2.57. The maximum absolute atomic E-state index is 12.2. The van der Waals surface area contributed by atoms with Crippen LogP contribution in [0.5, 0.6) is 0 Å². The molecule has 25 heavy (non-hydrogen) atoms. The summed E-state index contributed by atoms with van der Waals surface area (Å²) in [6, 6.07) is 9.70. The van der Waals surface area contributed by atoms with Crippen molar-refractivity contribution in [1.82, 2.24) is 10.2 Å². The molecule has 1 aromatic carbocycles.